The summed E-state index contributed by atoms with van der Waals surface area (Å²) in [5.41, 5.74) is 8.94. The largest absolute Gasteiger partial charge is 0.399 e. The summed E-state index contributed by atoms with van der Waals surface area (Å²) in [6.45, 7) is 4.31. The van der Waals surface area contributed by atoms with Gasteiger partial charge in [0.2, 0.25) is 0 Å². The summed E-state index contributed by atoms with van der Waals surface area (Å²) in [4.78, 5) is 15.0. The average Bonchev–Trinajstić information content (AvgIpc) is 2.55. The number of hydrogen-bond acceptors (Lipinski definition) is 3. The number of rotatable bonds is 3. The molecule has 23 heavy (non-hydrogen) atoms. The molecule has 0 aromatic heterocycles. The molecular weight excluding hydrogens is 308 g/mol. The molecule has 1 aliphatic rings. The first-order valence-corrected chi connectivity index (χ1v) is 8.36. The van der Waals surface area contributed by atoms with Gasteiger partial charge in [-0.25, -0.2) is 0 Å². The number of hydrogen-bond donors (Lipinski definition) is 1. The summed E-state index contributed by atoms with van der Waals surface area (Å²) in [5.74, 6) is 0.739. The molecule has 2 aromatic rings. The van der Waals surface area contributed by atoms with Gasteiger partial charge < -0.3 is 10.6 Å². The Kier molecular flexibility index (Phi) is 4.58. The fraction of sp³-hybridized carbons (Fsp3) is 0.316. The molecule has 0 spiro atoms. The summed E-state index contributed by atoms with van der Waals surface area (Å²) in [5, 5.41) is 0.622. The molecule has 0 bridgehead atoms. The van der Waals surface area contributed by atoms with Crippen LogP contribution in [0.3, 0.4) is 0 Å². The van der Waals surface area contributed by atoms with Crippen molar-refractivity contribution in [1.82, 2.24) is 0 Å². The van der Waals surface area contributed by atoms with Gasteiger partial charge in [-0.15, -0.1) is 0 Å². The molecule has 0 saturated carbocycles. The van der Waals surface area contributed by atoms with E-state index in [1.807, 2.05) is 12.1 Å². The Balaban J connectivity index is 1.88. The SMILES string of the molecule is CC1CCN(c2cc(N)cc(C(=O)c3ccc(Cl)cc3)c2)CC1. The van der Waals surface area contributed by atoms with E-state index >= 15 is 0 Å². The van der Waals surface area contributed by atoms with Crippen LogP contribution in [0.2, 0.25) is 5.02 Å². The van der Waals surface area contributed by atoms with Crippen molar-refractivity contribution < 1.29 is 4.79 Å². The Morgan fingerprint density at radius 3 is 2.39 bits per heavy atom. The summed E-state index contributed by atoms with van der Waals surface area (Å²) >= 11 is 5.89. The Morgan fingerprint density at radius 1 is 1.09 bits per heavy atom. The predicted octanol–water partition coefficient (Wildman–Crippen LogP) is 4.39. The molecule has 1 aliphatic heterocycles. The highest BCUT2D eigenvalue weighted by atomic mass is 35.5. The molecule has 4 heteroatoms. The van der Waals surface area contributed by atoms with Gasteiger partial charge in [0, 0.05) is 40.6 Å². The van der Waals surface area contributed by atoms with E-state index in [4.69, 9.17) is 17.3 Å². The van der Waals surface area contributed by atoms with E-state index in [-0.39, 0.29) is 5.78 Å². The third kappa shape index (κ3) is 3.67. The number of nitrogens with two attached hydrogens (primary N) is 1. The van der Waals surface area contributed by atoms with Crippen molar-refractivity contribution in [3.05, 3.63) is 58.6 Å². The van der Waals surface area contributed by atoms with Crippen LogP contribution in [0.1, 0.15) is 35.7 Å². The Labute approximate surface area is 142 Å². The first-order valence-electron chi connectivity index (χ1n) is 7.99. The highest BCUT2D eigenvalue weighted by molar-refractivity contribution is 6.30. The highest BCUT2D eigenvalue weighted by Crippen LogP contribution is 2.27. The first kappa shape index (κ1) is 15.9. The van der Waals surface area contributed by atoms with Crippen molar-refractivity contribution in [2.45, 2.75) is 19.8 Å². The predicted molar refractivity (Wildman–Crippen MR) is 96.3 cm³/mol. The van der Waals surface area contributed by atoms with Crippen molar-refractivity contribution in [2.75, 3.05) is 23.7 Å². The monoisotopic (exact) mass is 328 g/mol. The van der Waals surface area contributed by atoms with Gasteiger partial charge in [0.1, 0.15) is 0 Å². The van der Waals surface area contributed by atoms with Gasteiger partial charge >= 0.3 is 0 Å². The van der Waals surface area contributed by atoms with E-state index in [0.29, 0.717) is 21.8 Å². The smallest absolute Gasteiger partial charge is 0.193 e. The minimum absolute atomic E-state index is 0.0272. The van der Waals surface area contributed by atoms with Crippen LogP contribution in [-0.4, -0.2) is 18.9 Å². The van der Waals surface area contributed by atoms with Crippen molar-refractivity contribution in [3.63, 3.8) is 0 Å². The topological polar surface area (TPSA) is 46.3 Å². The van der Waals surface area contributed by atoms with E-state index in [0.717, 1.165) is 24.7 Å². The van der Waals surface area contributed by atoms with Crippen LogP contribution in [0.5, 0.6) is 0 Å². The molecule has 0 amide bonds. The molecule has 0 radical (unpaired) electrons. The zero-order valence-corrected chi connectivity index (χ0v) is 14.0. The van der Waals surface area contributed by atoms with Crippen LogP contribution in [0.15, 0.2) is 42.5 Å². The molecular formula is C19H21ClN2O. The molecule has 120 valence electrons. The number of ketones is 1. The van der Waals surface area contributed by atoms with Crippen LogP contribution in [0.4, 0.5) is 11.4 Å². The zero-order chi connectivity index (χ0) is 16.4. The summed E-state index contributed by atoms with van der Waals surface area (Å²) in [6, 6.07) is 12.6. The minimum Gasteiger partial charge on any atom is -0.399 e. The van der Waals surface area contributed by atoms with E-state index in [1.165, 1.54) is 12.8 Å². The lowest BCUT2D eigenvalue weighted by Crippen LogP contribution is -2.32. The van der Waals surface area contributed by atoms with Crippen LogP contribution < -0.4 is 10.6 Å². The maximum absolute atomic E-state index is 12.7. The summed E-state index contributed by atoms with van der Waals surface area (Å²) < 4.78 is 0. The quantitative estimate of drug-likeness (QED) is 0.671. The second-order valence-corrected chi connectivity index (χ2v) is 6.76. The molecule has 2 aromatic carbocycles. The van der Waals surface area contributed by atoms with Crippen LogP contribution in [-0.2, 0) is 0 Å². The van der Waals surface area contributed by atoms with E-state index in [2.05, 4.69) is 11.8 Å². The number of benzene rings is 2. The highest BCUT2D eigenvalue weighted by Gasteiger charge is 2.18. The normalized spacial score (nSPS) is 15.7. The number of halogens is 1. The van der Waals surface area contributed by atoms with Crippen LogP contribution in [0.25, 0.3) is 0 Å². The van der Waals surface area contributed by atoms with E-state index < -0.39 is 0 Å². The third-order valence-electron chi connectivity index (χ3n) is 4.46. The van der Waals surface area contributed by atoms with Crippen molar-refractivity contribution in [2.24, 2.45) is 5.92 Å². The van der Waals surface area contributed by atoms with E-state index in [1.54, 1.807) is 30.3 Å². The van der Waals surface area contributed by atoms with Gasteiger partial charge in [-0.05, 0) is 61.2 Å². The molecule has 0 unspecified atom stereocenters. The lowest BCUT2D eigenvalue weighted by Gasteiger charge is -2.32. The molecule has 0 aliphatic carbocycles. The van der Waals surface area contributed by atoms with Crippen LogP contribution in [0, 0.1) is 5.92 Å². The Bertz CT molecular complexity index is 704. The molecule has 0 atom stereocenters. The number of carbonyl (C=O) groups excluding carboxylic acids is 1. The summed E-state index contributed by atoms with van der Waals surface area (Å²) in [6.07, 6.45) is 2.35. The van der Waals surface area contributed by atoms with Crippen molar-refractivity contribution in [3.8, 4) is 0 Å². The van der Waals surface area contributed by atoms with Gasteiger partial charge in [-0.1, -0.05) is 18.5 Å². The van der Waals surface area contributed by atoms with Crippen molar-refractivity contribution in [1.29, 1.82) is 0 Å². The maximum atomic E-state index is 12.7. The molecule has 3 rings (SSSR count). The lowest BCUT2D eigenvalue weighted by molar-refractivity contribution is 0.103. The number of nitrogen functional groups attached to an aromatic ring is 1. The van der Waals surface area contributed by atoms with Crippen LogP contribution >= 0.6 is 11.6 Å². The van der Waals surface area contributed by atoms with Crippen molar-refractivity contribution >= 4 is 28.8 Å². The fourth-order valence-electron chi connectivity index (χ4n) is 2.98. The molecule has 1 saturated heterocycles. The third-order valence-corrected chi connectivity index (χ3v) is 4.71. The second-order valence-electron chi connectivity index (χ2n) is 6.32. The molecule has 3 nitrogen and oxygen atoms in total. The number of carbonyl (C=O) groups is 1. The molecule has 1 heterocycles. The average molecular weight is 329 g/mol. The van der Waals surface area contributed by atoms with Gasteiger partial charge in [0.15, 0.2) is 5.78 Å². The second kappa shape index (κ2) is 6.63. The first-order chi connectivity index (χ1) is 11.0. The Morgan fingerprint density at radius 2 is 1.74 bits per heavy atom. The van der Waals surface area contributed by atoms with Gasteiger partial charge in [-0.3, -0.25) is 4.79 Å². The molecule has 2 N–H and O–H groups in total. The fourth-order valence-corrected chi connectivity index (χ4v) is 3.11. The number of piperidine rings is 1. The number of nitrogens with zero attached hydrogens (tertiary/aromatic N) is 1. The van der Waals surface area contributed by atoms with Gasteiger partial charge in [-0.2, -0.15) is 0 Å². The maximum Gasteiger partial charge on any atom is 0.193 e. The molecule has 1 fully saturated rings. The van der Waals surface area contributed by atoms with E-state index in [9.17, 15) is 4.79 Å². The van der Waals surface area contributed by atoms with Gasteiger partial charge in [0.05, 0.1) is 0 Å². The number of anilines is 2. The van der Waals surface area contributed by atoms with Gasteiger partial charge in [0.25, 0.3) is 0 Å². The standard InChI is InChI=1S/C19H21ClN2O/c1-13-6-8-22(9-7-13)18-11-15(10-17(21)12-18)19(23)14-2-4-16(20)5-3-14/h2-5,10-13H,6-9,21H2,1H3. The minimum atomic E-state index is -0.0272. The lowest BCUT2D eigenvalue weighted by atomic mass is 9.97. The Hall–Kier alpha value is -2.00. The summed E-state index contributed by atoms with van der Waals surface area (Å²) in [7, 11) is 0. The zero-order valence-electron chi connectivity index (χ0n) is 13.3.